The van der Waals surface area contributed by atoms with E-state index >= 15 is 0 Å². The number of anilines is 1. The zero-order valence-electron chi connectivity index (χ0n) is 16.8. The van der Waals surface area contributed by atoms with Gasteiger partial charge >= 0.3 is 0 Å². The van der Waals surface area contributed by atoms with Crippen LogP contribution in [0.5, 0.6) is 0 Å². The highest BCUT2D eigenvalue weighted by atomic mass is 16.2. The Hall–Kier alpha value is -2.09. The highest BCUT2D eigenvalue weighted by Crippen LogP contribution is 2.50. The summed E-state index contributed by atoms with van der Waals surface area (Å²) in [4.78, 5) is 14.4. The molecule has 0 spiro atoms. The minimum absolute atomic E-state index is 0.102. The van der Waals surface area contributed by atoms with Crippen molar-refractivity contribution < 1.29 is 4.79 Å². The summed E-state index contributed by atoms with van der Waals surface area (Å²) < 4.78 is 0. The number of carbonyl (C=O) groups is 1. The lowest BCUT2D eigenvalue weighted by Gasteiger charge is -2.51. The minimum atomic E-state index is -0.226. The van der Waals surface area contributed by atoms with E-state index in [1.807, 2.05) is 11.0 Å². The molecule has 1 atom stereocenters. The average molecular weight is 350 g/mol. The Balaban J connectivity index is 2.08. The molecule has 1 aliphatic heterocycles. The number of unbranched alkanes of at least 4 members (excludes halogenated alkanes) is 1. The van der Waals surface area contributed by atoms with Crippen molar-refractivity contribution in [2.75, 3.05) is 4.90 Å². The average Bonchev–Trinajstić information content (AvgIpc) is 2.59. The van der Waals surface area contributed by atoms with Gasteiger partial charge in [0.25, 0.3) is 0 Å². The maximum Gasteiger partial charge on any atom is 0.224 e. The summed E-state index contributed by atoms with van der Waals surface area (Å²) in [7, 11) is 0. The van der Waals surface area contributed by atoms with Gasteiger partial charge in [0.2, 0.25) is 5.91 Å². The number of fused-ring (bicyclic) bond motifs is 1. The molecule has 1 amide bonds. The van der Waals surface area contributed by atoms with Crippen LogP contribution in [-0.4, -0.2) is 11.4 Å². The zero-order chi connectivity index (χ0) is 18.9. The summed E-state index contributed by atoms with van der Waals surface area (Å²) in [5, 5.41) is 0. The van der Waals surface area contributed by atoms with Gasteiger partial charge < -0.3 is 4.90 Å². The van der Waals surface area contributed by atoms with Crippen LogP contribution in [0.15, 0.2) is 48.5 Å². The number of carbonyl (C=O) groups excluding carboxylic acids is 1. The Morgan fingerprint density at radius 1 is 1.04 bits per heavy atom. The van der Waals surface area contributed by atoms with Crippen molar-refractivity contribution in [3.8, 4) is 0 Å². The van der Waals surface area contributed by atoms with E-state index in [0.29, 0.717) is 0 Å². The molecule has 2 nitrogen and oxygen atoms in total. The van der Waals surface area contributed by atoms with Gasteiger partial charge in [-0.05, 0) is 55.9 Å². The van der Waals surface area contributed by atoms with Crippen molar-refractivity contribution in [2.24, 2.45) is 0 Å². The monoisotopic (exact) mass is 349 g/mol. The first-order valence-corrected chi connectivity index (χ1v) is 9.79. The first-order valence-electron chi connectivity index (χ1n) is 9.79. The minimum Gasteiger partial charge on any atom is -0.307 e. The molecule has 3 rings (SSSR count). The summed E-state index contributed by atoms with van der Waals surface area (Å²) in [5.41, 5.74) is 4.71. The number of benzene rings is 2. The fourth-order valence-corrected chi connectivity index (χ4v) is 4.77. The molecule has 138 valence electrons. The predicted octanol–water partition coefficient (Wildman–Crippen LogP) is 5.87. The fraction of sp³-hybridized carbons (Fsp3) is 0.458. The van der Waals surface area contributed by atoms with Crippen molar-refractivity contribution in [3.05, 3.63) is 65.2 Å². The lowest BCUT2D eigenvalue weighted by Crippen LogP contribution is -2.55. The molecule has 2 heteroatoms. The fourth-order valence-electron chi connectivity index (χ4n) is 4.77. The molecule has 26 heavy (non-hydrogen) atoms. The van der Waals surface area contributed by atoms with Crippen LogP contribution < -0.4 is 4.90 Å². The second-order valence-corrected chi connectivity index (χ2v) is 8.49. The smallest absolute Gasteiger partial charge is 0.224 e. The van der Waals surface area contributed by atoms with Crippen molar-refractivity contribution in [1.29, 1.82) is 0 Å². The quantitative estimate of drug-likeness (QED) is 0.676. The molecule has 0 saturated heterocycles. The predicted molar refractivity (Wildman–Crippen MR) is 110 cm³/mol. The second-order valence-electron chi connectivity index (χ2n) is 8.49. The van der Waals surface area contributed by atoms with E-state index in [2.05, 4.69) is 70.2 Å². The molecule has 0 unspecified atom stereocenters. The third-order valence-corrected chi connectivity index (χ3v) is 5.86. The third kappa shape index (κ3) is 3.18. The SMILES string of the molecule is CCCCc1ccc([C@]2(C)CC(C)(C)N(C(C)=O)c3ccccc32)cc1. The molecule has 1 heterocycles. The Bertz CT molecular complexity index is 790. The summed E-state index contributed by atoms with van der Waals surface area (Å²) in [6.45, 7) is 10.6. The summed E-state index contributed by atoms with van der Waals surface area (Å²) in [6, 6.07) is 17.5. The first kappa shape index (κ1) is 18.7. The van der Waals surface area contributed by atoms with Gasteiger partial charge in [0, 0.05) is 23.6 Å². The maximum atomic E-state index is 12.4. The summed E-state index contributed by atoms with van der Waals surface area (Å²) in [5.74, 6) is 0.111. The van der Waals surface area contributed by atoms with Crippen LogP contribution in [0.3, 0.4) is 0 Å². The summed E-state index contributed by atoms with van der Waals surface area (Å²) >= 11 is 0. The Kier molecular flexibility index (Phi) is 4.96. The van der Waals surface area contributed by atoms with Gasteiger partial charge in [-0.25, -0.2) is 0 Å². The molecule has 2 aromatic rings. The van der Waals surface area contributed by atoms with Crippen molar-refractivity contribution in [3.63, 3.8) is 0 Å². The van der Waals surface area contributed by atoms with E-state index in [1.54, 1.807) is 6.92 Å². The molecule has 0 aromatic heterocycles. The van der Waals surface area contributed by atoms with Gasteiger partial charge in [0.05, 0.1) is 0 Å². The Labute approximate surface area is 158 Å². The van der Waals surface area contributed by atoms with Gasteiger partial charge in [-0.3, -0.25) is 4.79 Å². The van der Waals surface area contributed by atoms with Crippen molar-refractivity contribution in [2.45, 2.75) is 71.3 Å². The third-order valence-electron chi connectivity index (χ3n) is 5.86. The van der Waals surface area contributed by atoms with E-state index in [9.17, 15) is 4.79 Å². The zero-order valence-corrected chi connectivity index (χ0v) is 16.8. The molecule has 0 N–H and O–H groups in total. The van der Waals surface area contributed by atoms with Crippen LogP contribution in [0.1, 0.15) is 70.6 Å². The molecule has 0 fully saturated rings. The molecule has 0 bridgehead atoms. The van der Waals surface area contributed by atoms with Crippen LogP contribution >= 0.6 is 0 Å². The maximum absolute atomic E-state index is 12.4. The molecular formula is C24H31NO. The number of para-hydroxylation sites is 1. The lowest BCUT2D eigenvalue weighted by atomic mass is 9.65. The number of nitrogens with zero attached hydrogens (tertiary/aromatic N) is 1. The molecule has 0 aliphatic carbocycles. The highest BCUT2D eigenvalue weighted by Gasteiger charge is 2.46. The van der Waals surface area contributed by atoms with Gasteiger partial charge in [-0.15, -0.1) is 0 Å². The summed E-state index contributed by atoms with van der Waals surface area (Å²) in [6.07, 6.45) is 4.51. The Morgan fingerprint density at radius 3 is 2.31 bits per heavy atom. The van der Waals surface area contributed by atoms with E-state index in [0.717, 1.165) is 18.5 Å². The van der Waals surface area contributed by atoms with Gasteiger partial charge in [-0.2, -0.15) is 0 Å². The molecule has 0 radical (unpaired) electrons. The normalized spacial score (nSPS) is 21.3. The number of hydrogen-bond acceptors (Lipinski definition) is 1. The highest BCUT2D eigenvalue weighted by molar-refractivity contribution is 5.95. The van der Waals surface area contributed by atoms with Crippen LogP contribution in [0.4, 0.5) is 5.69 Å². The van der Waals surface area contributed by atoms with E-state index in [1.165, 1.54) is 29.5 Å². The molecule has 1 aliphatic rings. The number of rotatable bonds is 4. The van der Waals surface area contributed by atoms with Crippen LogP contribution in [0.2, 0.25) is 0 Å². The molecular weight excluding hydrogens is 318 g/mol. The van der Waals surface area contributed by atoms with Crippen LogP contribution in [0, 0.1) is 0 Å². The number of amides is 1. The largest absolute Gasteiger partial charge is 0.307 e. The standard InChI is InChI=1S/C24H31NO/c1-6-7-10-19-13-15-20(16-14-19)24(5)17-23(3,4)25(18(2)26)22-12-9-8-11-21(22)24/h8-9,11-16H,6-7,10,17H2,1-5H3/t24-/m0/s1. The van der Waals surface area contributed by atoms with Crippen LogP contribution in [-0.2, 0) is 16.6 Å². The van der Waals surface area contributed by atoms with Gasteiger partial charge in [0.15, 0.2) is 0 Å². The lowest BCUT2D eigenvalue weighted by molar-refractivity contribution is -0.117. The molecule has 2 aromatic carbocycles. The van der Waals surface area contributed by atoms with Gasteiger partial charge in [0.1, 0.15) is 0 Å². The van der Waals surface area contributed by atoms with E-state index < -0.39 is 0 Å². The second kappa shape index (κ2) is 6.90. The van der Waals surface area contributed by atoms with Crippen molar-refractivity contribution in [1.82, 2.24) is 0 Å². The topological polar surface area (TPSA) is 20.3 Å². The van der Waals surface area contributed by atoms with E-state index in [-0.39, 0.29) is 16.9 Å². The van der Waals surface area contributed by atoms with Gasteiger partial charge in [-0.1, -0.05) is 62.7 Å². The number of aryl methyl sites for hydroxylation is 1. The first-order chi connectivity index (χ1) is 12.3. The van der Waals surface area contributed by atoms with Crippen molar-refractivity contribution >= 4 is 11.6 Å². The number of hydrogen-bond donors (Lipinski definition) is 0. The molecule has 0 saturated carbocycles. The Morgan fingerprint density at radius 2 is 1.69 bits per heavy atom. The van der Waals surface area contributed by atoms with E-state index in [4.69, 9.17) is 0 Å². The van der Waals surface area contributed by atoms with Crippen LogP contribution in [0.25, 0.3) is 0 Å².